The van der Waals surface area contributed by atoms with Gasteiger partial charge in [-0.2, -0.15) is 5.26 Å². The van der Waals surface area contributed by atoms with Gasteiger partial charge in [0.05, 0.1) is 11.4 Å². The lowest BCUT2D eigenvalue weighted by molar-refractivity contribution is -0.132. The minimum Gasteiger partial charge on any atom is -0.477 e. The van der Waals surface area contributed by atoms with Gasteiger partial charge < -0.3 is 10.4 Å². The zero-order chi connectivity index (χ0) is 12.4. The lowest BCUT2D eigenvalue weighted by Crippen LogP contribution is -2.17. The maximum absolute atomic E-state index is 10.9. The molecule has 0 fully saturated rings. The number of nitrogens with zero attached hydrogens (tertiary/aromatic N) is 2. The highest BCUT2D eigenvalue weighted by molar-refractivity contribution is 6.70. The van der Waals surface area contributed by atoms with Crippen LogP contribution in [-0.2, 0) is 4.79 Å². The molecule has 0 saturated heterocycles. The number of hydrogen-bond donors (Lipinski definition) is 2. The predicted octanol–water partition coefficient (Wildman–Crippen LogP) is 2.24. The Hall–Kier alpha value is -2.32. The molecule has 0 amide bonds. The molecule has 0 aliphatic carbocycles. The van der Waals surface area contributed by atoms with E-state index < -0.39 is 11.5 Å². The van der Waals surface area contributed by atoms with E-state index in [0.717, 1.165) is 0 Å². The first-order chi connectivity index (χ1) is 8.13. The first-order valence-electron chi connectivity index (χ1n) is 4.61. The highest BCUT2D eigenvalue weighted by atomic mass is 35.5. The van der Waals surface area contributed by atoms with E-state index in [9.17, 15) is 4.79 Å². The van der Waals surface area contributed by atoms with E-state index in [1.807, 2.05) is 0 Å². The maximum atomic E-state index is 10.9. The smallest absolute Gasteiger partial charge is 0.348 e. The van der Waals surface area contributed by atoms with Crippen molar-refractivity contribution in [3.63, 3.8) is 0 Å². The van der Waals surface area contributed by atoms with Crippen molar-refractivity contribution in [3.8, 4) is 6.07 Å². The zero-order valence-corrected chi connectivity index (χ0v) is 9.19. The molecule has 1 aromatic rings. The molecule has 0 spiro atoms. The Morgan fingerprint density at radius 1 is 1.47 bits per heavy atom. The van der Waals surface area contributed by atoms with Crippen molar-refractivity contribution in [2.24, 2.45) is 4.99 Å². The first kappa shape index (κ1) is 11.2. The molecule has 0 aromatic heterocycles. The largest absolute Gasteiger partial charge is 0.477 e. The van der Waals surface area contributed by atoms with E-state index in [2.05, 4.69) is 10.3 Å². The Morgan fingerprint density at radius 2 is 2.18 bits per heavy atom. The van der Waals surface area contributed by atoms with E-state index in [1.165, 1.54) is 0 Å². The molecule has 17 heavy (non-hydrogen) atoms. The van der Waals surface area contributed by atoms with Crippen LogP contribution in [0.4, 0.5) is 11.4 Å². The first-order valence-corrected chi connectivity index (χ1v) is 4.99. The number of carboxylic acid groups (broad SMARTS) is 1. The number of carbonyl (C=O) groups is 1. The number of benzene rings is 1. The maximum Gasteiger partial charge on any atom is 0.348 e. The lowest BCUT2D eigenvalue weighted by atomic mass is 10.1. The van der Waals surface area contributed by atoms with Crippen molar-refractivity contribution in [1.82, 2.24) is 0 Å². The number of rotatable bonds is 1. The standard InChI is InChI=1S/C11H6ClN3O2/c12-10-9(6(5-13)11(16)17)14-7-3-1-2-4-8(7)15-10/h1-4,14H,(H,16,17). The van der Waals surface area contributed by atoms with Crippen LogP contribution >= 0.6 is 11.6 Å². The van der Waals surface area contributed by atoms with Gasteiger partial charge in [-0.15, -0.1) is 0 Å². The second kappa shape index (κ2) is 4.28. The average molecular weight is 248 g/mol. The van der Waals surface area contributed by atoms with Gasteiger partial charge in [0, 0.05) is 0 Å². The Labute approximate surface area is 102 Å². The van der Waals surface area contributed by atoms with Crippen LogP contribution < -0.4 is 5.32 Å². The van der Waals surface area contributed by atoms with Crippen LogP contribution in [-0.4, -0.2) is 16.2 Å². The number of hydrogen-bond acceptors (Lipinski definition) is 4. The van der Waals surface area contributed by atoms with E-state index >= 15 is 0 Å². The zero-order valence-electron chi connectivity index (χ0n) is 8.44. The number of halogens is 1. The summed E-state index contributed by atoms with van der Waals surface area (Å²) in [5.74, 6) is -1.34. The number of nitriles is 1. The van der Waals surface area contributed by atoms with Crippen molar-refractivity contribution in [2.45, 2.75) is 0 Å². The third-order valence-corrected chi connectivity index (χ3v) is 2.44. The lowest BCUT2D eigenvalue weighted by Gasteiger charge is -2.17. The van der Waals surface area contributed by atoms with E-state index in [1.54, 1.807) is 30.3 Å². The summed E-state index contributed by atoms with van der Waals surface area (Å²) in [6, 6.07) is 8.59. The van der Waals surface area contributed by atoms with E-state index in [4.69, 9.17) is 22.0 Å². The molecule has 6 heteroatoms. The van der Waals surface area contributed by atoms with Gasteiger partial charge in [0.25, 0.3) is 0 Å². The fourth-order valence-corrected chi connectivity index (χ4v) is 1.63. The highest BCUT2D eigenvalue weighted by Crippen LogP contribution is 2.32. The molecular weight excluding hydrogens is 242 g/mol. The molecular formula is C11H6ClN3O2. The molecule has 5 nitrogen and oxygen atoms in total. The number of allylic oxidation sites excluding steroid dienone is 1. The van der Waals surface area contributed by atoms with Crippen molar-refractivity contribution in [1.29, 1.82) is 5.26 Å². The molecule has 1 aromatic carbocycles. The van der Waals surface area contributed by atoms with Crippen molar-refractivity contribution in [3.05, 3.63) is 35.5 Å². The fraction of sp³-hybridized carbons (Fsp3) is 0. The Kier molecular flexibility index (Phi) is 2.81. The van der Waals surface area contributed by atoms with Crippen LogP contribution in [0.25, 0.3) is 0 Å². The number of anilines is 1. The van der Waals surface area contributed by atoms with Gasteiger partial charge in [0.2, 0.25) is 0 Å². The minimum atomic E-state index is -1.34. The molecule has 0 saturated carbocycles. The SMILES string of the molecule is N#CC(C(=O)O)=C1Nc2ccccc2N=C1Cl. The summed E-state index contributed by atoms with van der Waals surface area (Å²) in [6.45, 7) is 0. The third-order valence-electron chi connectivity index (χ3n) is 2.16. The predicted molar refractivity (Wildman–Crippen MR) is 63.3 cm³/mol. The molecule has 1 heterocycles. The normalized spacial score (nSPS) is 16.1. The van der Waals surface area contributed by atoms with Crippen LogP contribution in [0.1, 0.15) is 0 Å². The molecule has 1 aliphatic heterocycles. The highest BCUT2D eigenvalue weighted by Gasteiger charge is 2.22. The Balaban J connectivity index is 2.59. The summed E-state index contributed by atoms with van der Waals surface area (Å²) in [4.78, 5) is 14.9. The third kappa shape index (κ3) is 1.98. The summed E-state index contributed by atoms with van der Waals surface area (Å²) >= 11 is 5.84. The van der Waals surface area contributed by atoms with E-state index in [0.29, 0.717) is 11.4 Å². The van der Waals surface area contributed by atoms with Crippen molar-refractivity contribution < 1.29 is 9.90 Å². The number of para-hydroxylation sites is 2. The Morgan fingerprint density at radius 3 is 2.82 bits per heavy atom. The summed E-state index contributed by atoms with van der Waals surface area (Å²) in [5, 5.41) is 20.4. The molecule has 0 atom stereocenters. The van der Waals surface area contributed by atoms with Gasteiger partial charge in [0.1, 0.15) is 11.8 Å². The van der Waals surface area contributed by atoms with Gasteiger partial charge in [-0.25, -0.2) is 9.79 Å². The number of aliphatic carboxylic acids is 1. The van der Waals surface area contributed by atoms with Gasteiger partial charge in [-0.1, -0.05) is 23.7 Å². The minimum absolute atomic E-state index is 0.0142. The van der Waals surface area contributed by atoms with Crippen LogP contribution in [0.5, 0.6) is 0 Å². The van der Waals surface area contributed by atoms with Crippen molar-refractivity contribution >= 4 is 34.1 Å². The molecule has 84 valence electrons. The monoisotopic (exact) mass is 247 g/mol. The second-order valence-corrected chi connectivity index (χ2v) is 3.57. The number of nitrogens with one attached hydrogen (secondary N) is 1. The van der Waals surface area contributed by atoms with E-state index in [-0.39, 0.29) is 10.9 Å². The number of fused-ring (bicyclic) bond motifs is 1. The Bertz CT molecular complexity index is 599. The van der Waals surface area contributed by atoms with Gasteiger partial charge in [-0.3, -0.25) is 0 Å². The van der Waals surface area contributed by atoms with Crippen LogP contribution in [0.2, 0.25) is 0 Å². The second-order valence-electron chi connectivity index (χ2n) is 3.21. The summed E-state index contributed by atoms with van der Waals surface area (Å²) in [5.41, 5.74) is 0.762. The molecule has 0 radical (unpaired) electrons. The number of aliphatic imine (C=N–C) groups is 1. The van der Waals surface area contributed by atoms with Crippen LogP contribution in [0.15, 0.2) is 40.5 Å². The molecule has 0 unspecified atom stereocenters. The fourth-order valence-electron chi connectivity index (χ4n) is 1.40. The van der Waals surface area contributed by atoms with Gasteiger partial charge in [0.15, 0.2) is 10.7 Å². The van der Waals surface area contributed by atoms with Crippen LogP contribution in [0.3, 0.4) is 0 Å². The molecule has 2 rings (SSSR count). The van der Waals surface area contributed by atoms with Crippen molar-refractivity contribution in [2.75, 3.05) is 5.32 Å². The van der Waals surface area contributed by atoms with Gasteiger partial charge in [-0.05, 0) is 12.1 Å². The average Bonchev–Trinajstić information content (AvgIpc) is 2.30. The topological polar surface area (TPSA) is 85.5 Å². The summed E-state index contributed by atoms with van der Waals surface area (Å²) < 4.78 is 0. The quantitative estimate of drug-likeness (QED) is 0.589. The summed E-state index contributed by atoms with van der Waals surface area (Å²) in [7, 11) is 0. The van der Waals surface area contributed by atoms with Crippen LogP contribution in [0, 0.1) is 11.3 Å². The van der Waals surface area contributed by atoms with Gasteiger partial charge >= 0.3 is 5.97 Å². The number of carboxylic acids is 1. The molecule has 2 N–H and O–H groups in total. The summed E-state index contributed by atoms with van der Waals surface area (Å²) in [6.07, 6.45) is 0. The molecule has 1 aliphatic rings. The molecule has 0 bridgehead atoms.